The number of hydrogen-bond donors (Lipinski definition) is 1. The monoisotopic (exact) mass is 309 g/mol. The summed E-state index contributed by atoms with van der Waals surface area (Å²) in [6, 6.07) is 9.35. The minimum absolute atomic E-state index is 0.183. The molecule has 0 radical (unpaired) electrons. The summed E-state index contributed by atoms with van der Waals surface area (Å²) in [6.45, 7) is 0.124. The molecule has 1 rings (SSSR count). The summed E-state index contributed by atoms with van der Waals surface area (Å²) in [4.78, 5) is 0. The molecule has 0 unspecified atom stereocenters. The van der Waals surface area contributed by atoms with E-state index in [1.165, 1.54) is 16.9 Å². The lowest BCUT2D eigenvalue weighted by Gasteiger charge is -2.07. The third-order valence-electron chi connectivity index (χ3n) is 2.19. The van der Waals surface area contributed by atoms with Gasteiger partial charge >= 0.3 is 15.5 Å². The largest absolute Gasteiger partial charge is 0.511 e. The van der Waals surface area contributed by atoms with E-state index >= 15 is 0 Å². The molecule has 0 fully saturated rings. The van der Waals surface area contributed by atoms with E-state index in [0.717, 1.165) is 5.56 Å². The van der Waals surface area contributed by atoms with Gasteiger partial charge in [-0.25, -0.2) is 13.1 Å². The van der Waals surface area contributed by atoms with Crippen molar-refractivity contribution in [2.45, 2.75) is 12.1 Å². The van der Waals surface area contributed by atoms with E-state index in [2.05, 4.69) is 0 Å². The lowest BCUT2D eigenvalue weighted by Crippen LogP contribution is -2.36. The predicted molar refractivity (Wildman–Crippen MR) is 68.2 cm³/mol. The van der Waals surface area contributed by atoms with Crippen LogP contribution >= 0.6 is 0 Å². The Morgan fingerprint density at radius 3 is 2.40 bits per heavy atom. The fourth-order valence-corrected chi connectivity index (χ4v) is 1.69. The average Bonchev–Trinajstić information content (AvgIpc) is 2.37. The van der Waals surface area contributed by atoms with E-state index < -0.39 is 22.1 Å². The van der Waals surface area contributed by atoms with Gasteiger partial charge in [0, 0.05) is 6.54 Å². The summed E-state index contributed by atoms with van der Waals surface area (Å²) in [5, 5.41) is 0. The molecule has 0 heterocycles. The molecule has 4 nitrogen and oxygen atoms in total. The summed E-state index contributed by atoms with van der Waals surface area (Å²) >= 11 is 0. The van der Waals surface area contributed by atoms with Gasteiger partial charge in [-0.3, -0.25) is 0 Å². The van der Waals surface area contributed by atoms with E-state index in [9.17, 15) is 21.6 Å². The van der Waals surface area contributed by atoms with E-state index in [4.69, 9.17) is 4.74 Å². The van der Waals surface area contributed by atoms with E-state index in [1.54, 1.807) is 0 Å². The fourth-order valence-electron chi connectivity index (χ4n) is 1.21. The lowest BCUT2D eigenvalue weighted by atomic mass is 10.2. The number of hydrogen-bond acceptors (Lipinski definition) is 3. The van der Waals surface area contributed by atoms with E-state index in [0.29, 0.717) is 6.61 Å². The molecule has 0 aliphatic carbocycles. The molecule has 20 heavy (non-hydrogen) atoms. The number of benzene rings is 1. The topological polar surface area (TPSA) is 55.4 Å². The summed E-state index contributed by atoms with van der Waals surface area (Å²) in [7, 11) is -5.28. The molecule has 0 aromatic heterocycles. The SMILES string of the molecule is O=S(=O)(NC/C=C\COCc1ccccc1)C(F)(F)F. The molecule has 0 bridgehead atoms. The summed E-state index contributed by atoms with van der Waals surface area (Å²) in [5.74, 6) is 0. The van der Waals surface area contributed by atoms with Crippen LogP contribution in [0.25, 0.3) is 0 Å². The molecular weight excluding hydrogens is 295 g/mol. The van der Waals surface area contributed by atoms with Crippen molar-refractivity contribution in [1.82, 2.24) is 4.72 Å². The normalized spacial score (nSPS) is 12.9. The molecule has 0 spiro atoms. The molecule has 0 aliphatic heterocycles. The first-order chi connectivity index (χ1) is 9.33. The number of alkyl halides is 3. The molecule has 1 aromatic carbocycles. The molecule has 0 aliphatic rings. The molecule has 8 heteroatoms. The highest BCUT2D eigenvalue weighted by Gasteiger charge is 2.45. The Morgan fingerprint density at radius 1 is 1.15 bits per heavy atom. The van der Waals surface area contributed by atoms with Crippen LogP contribution < -0.4 is 4.72 Å². The zero-order valence-corrected chi connectivity index (χ0v) is 11.2. The van der Waals surface area contributed by atoms with Crippen LogP contribution in [0.3, 0.4) is 0 Å². The quantitative estimate of drug-likeness (QED) is 0.620. The van der Waals surface area contributed by atoms with Gasteiger partial charge in [0.15, 0.2) is 0 Å². The van der Waals surface area contributed by atoms with Crippen LogP contribution in [-0.4, -0.2) is 27.1 Å². The zero-order valence-electron chi connectivity index (χ0n) is 10.4. The second-order valence-electron chi connectivity index (χ2n) is 3.77. The van der Waals surface area contributed by atoms with Crippen molar-refractivity contribution >= 4 is 10.0 Å². The number of rotatable bonds is 7. The predicted octanol–water partition coefficient (Wildman–Crippen LogP) is 2.20. The molecule has 112 valence electrons. The third kappa shape index (κ3) is 5.72. The fraction of sp³-hybridized carbons (Fsp3) is 0.333. The Balaban J connectivity index is 2.21. The second kappa shape index (κ2) is 7.41. The van der Waals surface area contributed by atoms with Crippen molar-refractivity contribution in [3.8, 4) is 0 Å². The summed E-state index contributed by atoms with van der Waals surface area (Å²) < 4.78 is 63.8. The highest BCUT2D eigenvalue weighted by atomic mass is 32.2. The summed E-state index contributed by atoms with van der Waals surface area (Å²) in [6.07, 6.45) is 2.70. The Bertz CT molecular complexity index is 527. The van der Waals surface area contributed by atoms with Gasteiger partial charge in [0.05, 0.1) is 13.2 Å². The van der Waals surface area contributed by atoms with Gasteiger partial charge in [-0.1, -0.05) is 42.5 Å². The van der Waals surface area contributed by atoms with Crippen molar-refractivity contribution in [3.05, 3.63) is 48.0 Å². The van der Waals surface area contributed by atoms with Crippen molar-refractivity contribution in [1.29, 1.82) is 0 Å². The average molecular weight is 309 g/mol. The van der Waals surface area contributed by atoms with Crippen LogP contribution in [0.4, 0.5) is 13.2 Å². The molecule has 0 amide bonds. The standard InChI is InChI=1S/C12H14F3NO3S/c13-12(14,15)20(17,18)16-8-4-5-9-19-10-11-6-2-1-3-7-11/h1-7,16H,8-10H2/b5-4-. The van der Waals surface area contributed by atoms with E-state index in [-0.39, 0.29) is 6.61 Å². The van der Waals surface area contributed by atoms with Gasteiger partial charge < -0.3 is 4.74 Å². The van der Waals surface area contributed by atoms with Gasteiger partial charge in [-0.15, -0.1) is 0 Å². The van der Waals surface area contributed by atoms with Crippen molar-refractivity contribution < 1.29 is 26.3 Å². The zero-order chi connectivity index (χ0) is 15.1. The highest BCUT2D eigenvalue weighted by molar-refractivity contribution is 7.90. The van der Waals surface area contributed by atoms with Gasteiger partial charge in [0.25, 0.3) is 0 Å². The van der Waals surface area contributed by atoms with Crippen molar-refractivity contribution in [3.63, 3.8) is 0 Å². The first-order valence-electron chi connectivity index (χ1n) is 5.65. The number of ether oxygens (including phenoxy) is 1. The summed E-state index contributed by atoms with van der Waals surface area (Å²) in [5.41, 5.74) is -4.32. The maximum atomic E-state index is 12.0. The molecule has 0 saturated heterocycles. The van der Waals surface area contributed by atoms with Crippen LogP contribution in [0.2, 0.25) is 0 Å². The molecule has 0 atom stereocenters. The maximum Gasteiger partial charge on any atom is 0.511 e. The van der Waals surface area contributed by atoms with Gasteiger partial charge in [-0.2, -0.15) is 13.2 Å². The Morgan fingerprint density at radius 2 is 1.80 bits per heavy atom. The first-order valence-corrected chi connectivity index (χ1v) is 7.14. The van der Waals surface area contributed by atoms with Crippen LogP contribution in [0.1, 0.15) is 5.56 Å². The second-order valence-corrected chi connectivity index (χ2v) is 5.53. The number of sulfonamides is 1. The van der Waals surface area contributed by atoms with Crippen molar-refractivity contribution in [2.75, 3.05) is 13.2 Å². The lowest BCUT2D eigenvalue weighted by molar-refractivity contribution is -0.0446. The number of nitrogens with one attached hydrogen (secondary N) is 1. The first kappa shape index (κ1) is 16.7. The van der Waals surface area contributed by atoms with E-state index in [1.807, 2.05) is 30.3 Å². The molecule has 1 aromatic rings. The van der Waals surface area contributed by atoms with Gasteiger partial charge in [0.1, 0.15) is 0 Å². The van der Waals surface area contributed by atoms with Gasteiger partial charge in [0.2, 0.25) is 0 Å². The van der Waals surface area contributed by atoms with Crippen LogP contribution in [-0.2, 0) is 21.4 Å². The molecular formula is C12H14F3NO3S. The van der Waals surface area contributed by atoms with Gasteiger partial charge in [-0.05, 0) is 5.56 Å². The van der Waals surface area contributed by atoms with Crippen molar-refractivity contribution in [2.24, 2.45) is 0 Å². The molecule has 0 saturated carbocycles. The Labute approximate surface area is 115 Å². The Hall–Kier alpha value is -1.38. The Kier molecular flexibility index (Phi) is 6.18. The van der Waals surface area contributed by atoms with Crippen LogP contribution in [0, 0.1) is 0 Å². The third-order valence-corrected chi connectivity index (χ3v) is 3.34. The van der Waals surface area contributed by atoms with Crippen LogP contribution in [0.5, 0.6) is 0 Å². The number of halogens is 3. The van der Waals surface area contributed by atoms with Crippen LogP contribution in [0.15, 0.2) is 42.5 Å². The minimum Gasteiger partial charge on any atom is -0.373 e. The maximum absolute atomic E-state index is 12.0. The minimum atomic E-state index is -5.29. The highest BCUT2D eigenvalue weighted by Crippen LogP contribution is 2.21. The smallest absolute Gasteiger partial charge is 0.373 e. The molecule has 1 N–H and O–H groups in total.